The van der Waals surface area contributed by atoms with Gasteiger partial charge in [-0.05, 0) is 43.7 Å². The molecule has 1 atom stereocenters. The molecule has 2 fully saturated rings. The normalized spacial score (nSPS) is 23.2. The second kappa shape index (κ2) is 12.6. The number of nitrogens with zero attached hydrogens (tertiary/aromatic N) is 6. The third-order valence-electron chi connectivity index (χ3n) is 6.29. The van der Waals surface area contributed by atoms with E-state index >= 15 is 0 Å². The van der Waals surface area contributed by atoms with Gasteiger partial charge in [-0.25, -0.2) is 9.97 Å². The second-order valence-electron chi connectivity index (χ2n) is 8.79. The Morgan fingerprint density at radius 2 is 1.90 bits per heavy atom. The summed E-state index contributed by atoms with van der Waals surface area (Å²) in [5.74, 6) is 1.94. The monoisotopic (exact) mass is 529 g/mol. The van der Waals surface area contributed by atoms with Crippen molar-refractivity contribution in [2.75, 3.05) is 64.3 Å². The van der Waals surface area contributed by atoms with Crippen molar-refractivity contribution in [3.05, 3.63) is 18.5 Å². The Hall–Kier alpha value is -1.16. The number of piperidine rings is 1. The number of guanidine groups is 1. The maximum atomic E-state index is 4.56. The summed E-state index contributed by atoms with van der Waals surface area (Å²) in [7, 11) is 1.92. The quantitative estimate of drug-likeness (QED) is 0.254. The van der Waals surface area contributed by atoms with E-state index in [1.54, 1.807) is 0 Å². The summed E-state index contributed by atoms with van der Waals surface area (Å²) < 4.78 is 0. The average Bonchev–Trinajstić information content (AvgIpc) is 2.75. The first-order chi connectivity index (χ1) is 14.1. The van der Waals surface area contributed by atoms with Crippen LogP contribution in [-0.4, -0.2) is 85.1 Å². The van der Waals surface area contributed by atoms with Crippen LogP contribution in [0.2, 0.25) is 0 Å². The Balaban J connectivity index is 0.00000320. The number of halogens is 1. The molecule has 1 aromatic heterocycles. The molecule has 170 valence electrons. The van der Waals surface area contributed by atoms with Gasteiger partial charge in [0.15, 0.2) is 5.96 Å². The minimum Gasteiger partial charge on any atom is -0.356 e. The highest BCUT2D eigenvalue weighted by Crippen LogP contribution is 2.33. The van der Waals surface area contributed by atoms with Gasteiger partial charge in [0.1, 0.15) is 0 Å². The number of aromatic nitrogens is 2. The molecule has 30 heavy (non-hydrogen) atoms. The zero-order chi connectivity index (χ0) is 20.5. The highest BCUT2D eigenvalue weighted by Gasteiger charge is 2.31. The number of hydrogen-bond acceptors (Lipinski definition) is 5. The molecule has 3 rings (SSSR count). The lowest BCUT2D eigenvalue weighted by Crippen LogP contribution is -2.50. The molecule has 3 heterocycles. The van der Waals surface area contributed by atoms with E-state index in [0.717, 1.165) is 70.7 Å². The molecule has 2 aliphatic heterocycles. The van der Waals surface area contributed by atoms with Crippen LogP contribution in [0.5, 0.6) is 0 Å². The summed E-state index contributed by atoms with van der Waals surface area (Å²) >= 11 is 0. The molecular weight excluding hydrogens is 489 g/mol. The zero-order valence-corrected chi connectivity index (χ0v) is 21.3. The highest BCUT2D eigenvalue weighted by atomic mass is 127. The van der Waals surface area contributed by atoms with E-state index in [1.165, 1.54) is 25.7 Å². The van der Waals surface area contributed by atoms with Crippen molar-refractivity contribution in [3.8, 4) is 0 Å². The molecule has 0 aromatic carbocycles. The minimum absolute atomic E-state index is 0. The molecule has 0 saturated carbocycles. The number of aliphatic imine (C=N–C) groups is 1. The molecule has 0 aliphatic carbocycles. The summed E-state index contributed by atoms with van der Waals surface area (Å²) in [4.78, 5) is 20.6. The van der Waals surface area contributed by atoms with Crippen LogP contribution >= 0.6 is 24.0 Å². The van der Waals surface area contributed by atoms with Crippen LogP contribution in [0.4, 0.5) is 5.95 Å². The van der Waals surface area contributed by atoms with Crippen LogP contribution in [0, 0.1) is 5.41 Å². The molecule has 0 amide bonds. The second-order valence-corrected chi connectivity index (χ2v) is 8.79. The van der Waals surface area contributed by atoms with Gasteiger partial charge < -0.3 is 15.1 Å². The van der Waals surface area contributed by atoms with Crippen LogP contribution in [0.25, 0.3) is 0 Å². The summed E-state index contributed by atoms with van der Waals surface area (Å²) in [6, 6.07) is 1.87. The summed E-state index contributed by atoms with van der Waals surface area (Å²) in [6.45, 7) is 13.3. The molecule has 0 radical (unpaired) electrons. The van der Waals surface area contributed by atoms with Crippen molar-refractivity contribution < 1.29 is 0 Å². The van der Waals surface area contributed by atoms with E-state index in [4.69, 9.17) is 0 Å². The fraction of sp³-hybridized carbons (Fsp3) is 0.773. The van der Waals surface area contributed by atoms with Crippen molar-refractivity contribution in [2.45, 2.75) is 46.0 Å². The molecule has 2 saturated heterocycles. The van der Waals surface area contributed by atoms with E-state index in [2.05, 4.69) is 48.8 Å². The van der Waals surface area contributed by atoms with Crippen LogP contribution in [-0.2, 0) is 0 Å². The predicted molar refractivity (Wildman–Crippen MR) is 136 cm³/mol. The van der Waals surface area contributed by atoms with Crippen LogP contribution in [0.1, 0.15) is 46.0 Å². The van der Waals surface area contributed by atoms with Gasteiger partial charge in [0, 0.05) is 65.3 Å². The molecule has 0 spiro atoms. The zero-order valence-electron chi connectivity index (χ0n) is 19.0. The standard InChI is InChI=1S/C22H39N7.HI/c1-4-8-22(2)9-5-14-29(19-22)20(23-3)24-12-7-13-27-15-17-28(18-16-27)21-25-10-6-11-26-21;/h6,10-11H,4-5,7-9,12-19H2,1-3H3,(H,23,24);1H. The van der Waals surface area contributed by atoms with Crippen molar-refractivity contribution in [2.24, 2.45) is 10.4 Å². The Bertz CT molecular complexity index is 630. The van der Waals surface area contributed by atoms with E-state index in [0.29, 0.717) is 5.41 Å². The third-order valence-corrected chi connectivity index (χ3v) is 6.29. The molecule has 1 N–H and O–H groups in total. The lowest BCUT2D eigenvalue weighted by atomic mass is 9.78. The average molecular weight is 530 g/mol. The molecule has 0 bridgehead atoms. The highest BCUT2D eigenvalue weighted by molar-refractivity contribution is 14.0. The SMILES string of the molecule is CCCC1(C)CCCN(C(=NC)NCCCN2CCN(c3ncccn3)CC2)C1.I. The first kappa shape index (κ1) is 25.1. The fourth-order valence-corrected chi connectivity index (χ4v) is 4.77. The van der Waals surface area contributed by atoms with Crippen molar-refractivity contribution in [1.82, 2.24) is 25.1 Å². The molecule has 7 nitrogen and oxygen atoms in total. The maximum Gasteiger partial charge on any atom is 0.225 e. The summed E-state index contributed by atoms with van der Waals surface area (Å²) in [5.41, 5.74) is 0.437. The van der Waals surface area contributed by atoms with Crippen molar-refractivity contribution in [1.29, 1.82) is 0 Å². The number of anilines is 1. The molecule has 2 aliphatic rings. The number of hydrogen-bond donors (Lipinski definition) is 1. The Labute approximate surface area is 199 Å². The fourth-order valence-electron chi connectivity index (χ4n) is 4.77. The summed E-state index contributed by atoms with van der Waals surface area (Å²) in [5, 5.41) is 3.61. The number of likely N-dealkylation sites (tertiary alicyclic amines) is 1. The number of piperazine rings is 1. The van der Waals surface area contributed by atoms with Gasteiger partial charge in [0.05, 0.1) is 0 Å². The van der Waals surface area contributed by atoms with Gasteiger partial charge in [0.2, 0.25) is 5.95 Å². The summed E-state index contributed by atoms with van der Waals surface area (Å²) in [6.07, 6.45) is 9.96. The molecule has 8 heteroatoms. The number of rotatable bonds is 7. The Morgan fingerprint density at radius 3 is 2.57 bits per heavy atom. The van der Waals surface area contributed by atoms with Gasteiger partial charge in [-0.1, -0.05) is 20.3 Å². The Kier molecular flexibility index (Phi) is 10.6. The van der Waals surface area contributed by atoms with Gasteiger partial charge in [-0.15, -0.1) is 24.0 Å². The molecule has 1 unspecified atom stereocenters. The predicted octanol–water partition coefficient (Wildman–Crippen LogP) is 3.08. The Morgan fingerprint density at radius 1 is 1.17 bits per heavy atom. The molecule has 1 aromatic rings. The van der Waals surface area contributed by atoms with Gasteiger partial charge in [0.25, 0.3) is 0 Å². The topological polar surface area (TPSA) is 59.9 Å². The minimum atomic E-state index is 0. The van der Waals surface area contributed by atoms with E-state index in [9.17, 15) is 0 Å². The van der Waals surface area contributed by atoms with E-state index in [1.807, 2.05) is 25.5 Å². The van der Waals surface area contributed by atoms with Gasteiger partial charge in [-0.2, -0.15) is 0 Å². The third kappa shape index (κ3) is 7.21. The number of nitrogens with one attached hydrogen (secondary N) is 1. The van der Waals surface area contributed by atoms with Gasteiger partial charge in [-0.3, -0.25) is 9.89 Å². The molecular formula is C22H40IN7. The van der Waals surface area contributed by atoms with E-state index in [-0.39, 0.29) is 24.0 Å². The van der Waals surface area contributed by atoms with Crippen molar-refractivity contribution in [3.63, 3.8) is 0 Å². The lowest BCUT2D eigenvalue weighted by molar-refractivity contribution is 0.142. The smallest absolute Gasteiger partial charge is 0.225 e. The lowest BCUT2D eigenvalue weighted by Gasteiger charge is -2.42. The largest absolute Gasteiger partial charge is 0.356 e. The van der Waals surface area contributed by atoms with Gasteiger partial charge >= 0.3 is 0 Å². The van der Waals surface area contributed by atoms with E-state index < -0.39 is 0 Å². The first-order valence-electron chi connectivity index (χ1n) is 11.3. The maximum absolute atomic E-state index is 4.56. The van der Waals surface area contributed by atoms with Crippen molar-refractivity contribution >= 4 is 35.9 Å². The van der Waals surface area contributed by atoms with Crippen LogP contribution < -0.4 is 10.2 Å². The van der Waals surface area contributed by atoms with Crippen LogP contribution in [0.3, 0.4) is 0 Å². The van der Waals surface area contributed by atoms with Crippen LogP contribution in [0.15, 0.2) is 23.5 Å². The first-order valence-corrected chi connectivity index (χ1v) is 11.3.